The summed E-state index contributed by atoms with van der Waals surface area (Å²) in [4.78, 5) is 27.7. The highest BCUT2D eigenvalue weighted by atomic mass is 16.5. The third-order valence-corrected chi connectivity index (χ3v) is 4.94. The molecular formula is C19H29N3O4. The molecule has 26 heavy (non-hydrogen) atoms. The second-order valence-electron chi connectivity index (χ2n) is 6.86. The number of amides is 2. The Morgan fingerprint density at radius 3 is 2.54 bits per heavy atom. The molecule has 1 aliphatic heterocycles. The highest BCUT2D eigenvalue weighted by Gasteiger charge is 2.26. The van der Waals surface area contributed by atoms with Crippen LogP contribution in [0.4, 0.5) is 0 Å². The van der Waals surface area contributed by atoms with Gasteiger partial charge in [0.05, 0.1) is 26.7 Å². The molecule has 1 aromatic rings. The zero-order valence-corrected chi connectivity index (χ0v) is 16.1. The zero-order valence-electron chi connectivity index (χ0n) is 16.1. The van der Waals surface area contributed by atoms with Crippen LogP contribution in [0.15, 0.2) is 12.1 Å². The second-order valence-corrected chi connectivity index (χ2v) is 6.86. The summed E-state index contributed by atoms with van der Waals surface area (Å²) in [5.41, 5.74) is 7.45. The van der Waals surface area contributed by atoms with Crippen LogP contribution in [0, 0.1) is 12.8 Å². The Morgan fingerprint density at radius 1 is 1.27 bits per heavy atom. The van der Waals surface area contributed by atoms with Crippen LogP contribution in [-0.4, -0.2) is 62.5 Å². The molecule has 0 saturated carbocycles. The maximum Gasteiger partial charge on any atom is 0.236 e. The van der Waals surface area contributed by atoms with E-state index in [0.717, 1.165) is 30.5 Å². The normalized spacial score (nSPS) is 17.6. The third kappa shape index (κ3) is 4.88. The van der Waals surface area contributed by atoms with Gasteiger partial charge in [-0.15, -0.1) is 0 Å². The van der Waals surface area contributed by atoms with Gasteiger partial charge in [0.15, 0.2) is 11.5 Å². The van der Waals surface area contributed by atoms with Crippen molar-refractivity contribution in [3.05, 3.63) is 23.3 Å². The maximum absolute atomic E-state index is 12.6. The number of hydrogen-bond donors (Lipinski definition) is 1. The number of likely N-dealkylation sites (N-methyl/N-ethyl adjacent to an activating group) is 1. The monoisotopic (exact) mass is 363 g/mol. The van der Waals surface area contributed by atoms with Gasteiger partial charge in [-0.25, -0.2) is 0 Å². The van der Waals surface area contributed by atoms with Gasteiger partial charge in [0.1, 0.15) is 0 Å². The number of methoxy groups -OCH3 is 2. The van der Waals surface area contributed by atoms with Crippen molar-refractivity contribution in [3.63, 3.8) is 0 Å². The lowest BCUT2D eigenvalue weighted by Crippen LogP contribution is -2.45. The number of piperidine rings is 1. The van der Waals surface area contributed by atoms with Crippen molar-refractivity contribution < 1.29 is 19.1 Å². The van der Waals surface area contributed by atoms with E-state index in [4.69, 9.17) is 15.2 Å². The second kappa shape index (κ2) is 8.89. The van der Waals surface area contributed by atoms with Gasteiger partial charge in [-0.3, -0.25) is 14.5 Å². The number of carbonyl (C=O) groups excluding carboxylic acids is 2. The van der Waals surface area contributed by atoms with E-state index < -0.39 is 0 Å². The number of ether oxygens (including phenoxy) is 2. The van der Waals surface area contributed by atoms with Crippen LogP contribution in [0.1, 0.15) is 24.0 Å². The Bertz CT molecular complexity index is 662. The van der Waals surface area contributed by atoms with Gasteiger partial charge in [-0.05, 0) is 49.6 Å². The first-order valence-corrected chi connectivity index (χ1v) is 8.82. The lowest BCUT2D eigenvalue weighted by molar-refractivity contribution is -0.133. The Labute approximate surface area is 155 Å². The number of primary amides is 1. The number of rotatable bonds is 7. The van der Waals surface area contributed by atoms with E-state index in [2.05, 4.69) is 0 Å². The first-order chi connectivity index (χ1) is 12.3. The third-order valence-electron chi connectivity index (χ3n) is 4.94. The van der Waals surface area contributed by atoms with Crippen LogP contribution < -0.4 is 15.2 Å². The Kier molecular flexibility index (Phi) is 6.85. The summed E-state index contributed by atoms with van der Waals surface area (Å²) in [6.07, 6.45) is 1.69. The molecule has 1 atom stereocenters. The molecule has 2 rings (SSSR count). The molecule has 2 amide bonds. The van der Waals surface area contributed by atoms with Gasteiger partial charge in [0, 0.05) is 20.1 Å². The van der Waals surface area contributed by atoms with Crippen LogP contribution in [0.25, 0.3) is 0 Å². The summed E-state index contributed by atoms with van der Waals surface area (Å²) >= 11 is 0. The van der Waals surface area contributed by atoms with Crippen molar-refractivity contribution >= 4 is 11.8 Å². The lowest BCUT2D eigenvalue weighted by Gasteiger charge is -2.31. The average molecular weight is 363 g/mol. The predicted molar refractivity (Wildman–Crippen MR) is 99.1 cm³/mol. The number of likely N-dealkylation sites (tertiary alicyclic amines) is 1. The van der Waals surface area contributed by atoms with Crippen molar-refractivity contribution in [1.29, 1.82) is 0 Å². The van der Waals surface area contributed by atoms with Crippen LogP contribution in [0.2, 0.25) is 0 Å². The summed E-state index contributed by atoms with van der Waals surface area (Å²) in [5.74, 6) is 0.901. The molecule has 0 aromatic heterocycles. The van der Waals surface area contributed by atoms with Gasteiger partial charge in [-0.1, -0.05) is 0 Å². The molecule has 1 aromatic carbocycles. The van der Waals surface area contributed by atoms with Gasteiger partial charge in [0.2, 0.25) is 11.8 Å². The summed E-state index contributed by atoms with van der Waals surface area (Å²) < 4.78 is 10.7. The van der Waals surface area contributed by atoms with E-state index >= 15 is 0 Å². The van der Waals surface area contributed by atoms with Crippen molar-refractivity contribution in [2.24, 2.45) is 11.7 Å². The lowest BCUT2D eigenvalue weighted by atomic mass is 9.97. The molecule has 1 saturated heterocycles. The topological polar surface area (TPSA) is 85.1 Å². The summed E-state index contributed by atoms with van der Waals surface area (Å²) in [5, 5.41) is 0. The summed E-state index contributed by atoms with van der Waals surface area (Å²) in [6, 6.07) is 3.82. The molecule has 0 unspecified atom stereocenters. The fraction of sp³-hybridized carbons (Fsp3) is 0.579. The highest BCUT2D eigenvalue weighted by molar-refractivity contribution is 5.79. The molecule has 7 nitrogen and oxygen atoms in total. The van der Waals surface area contributed by atoms with Crippen LogP contribution >= 0.6 is 0 Å². The SMILES string of the molecule is COc1cc(C)c(CN(C)C(=O)CN2CCC[C@H](C(N)=O)C2)cc1OC. The fourth-order valence-corrected chi connectivity index (χ4v) is 3.28. The molecular weight excluding hydrogens is 334 g/mol. The molecule has 144 valence electrons. The number of benzene rings is 1. The fourth-order valence-electron chi connectivity index (χ4n) is 3.28. The number of nitrogens with two attached hydrogens (primary N) is 1. The van der Waals surface area contributed by atoms with Gasteiger partial charge in [0.25, 0.3) is 0 Å². The number of hydrogen-bond acceptors (Lipinski definition) is 5. The number of nitrogens with zero attached hydrogens (tertiary/aromatic N) is 2. The van der Waals surface area contributed by atoms with Crippen LogP contribution in [-0.2, 0) is 16.1 Å². The predicted octanol–water partition coefficient (Wildman–Crippen LogP) is 1.17. The van der Waals surface area contributed by atoms with E-state index in [9.17, 15) is 9.59 Å². The largest absolute Gasteiger partial charge is 0.493 e. The van der Waals surface area contributed by atoms with Crippen molar-refractivity contribution in [1.82, 2.24) is 9.80 Å². The quantitative estimate of drug-likeness (QED) is 0.786. The Hall–Kier alpha value is -2.28. The molecule has 1 aliphatic rings. The van der Waals surface area contributed by atoms with Crippen LogP contribution in [0.5, 0.6) is 11.5 Å². The maximum atomic E-state index is 12.6. The minimum absolute atomic E-state index is 0.0179. The Balaban J connectivity index is 1.99. The summed E-state index contributed by atoms with van der Waals surface area (Å²) in [6.45, 7) is 4.14. The smallest absolute Gasteiger partial charge is 0.236 e. The Morgan fingerprint density at radius 2 is 1.92 bits per heavy atom. The molecule has 0 spiro atoms. The highest BCUT2D eigenvalue weighted by Crippen LogP contribution is 2.30. The average Bonchev–Trinajstić information content (AvgIpc) is 2.62. The van der Waals surface area contributed by atoms with Gasteiger partial charge in [-0.2, -0.15) is 0 Å². The number of aryl methyl sites for hydroxylation is 1. The van der Waals surface area contributed by atoms with E-state index in [-0.39, 0.29) is 17.7 Å². The van der Waals surface area contributed by atoms with E-state index in [1.54, 1.807) is 26.2 Å². The first-order valence-electron chi connectivity index (χ1n) is 8.82. The molecule has 0 aliphatic carbocycles. The van der Waals surface area contributed by atoms with Gasteiger partial charge >= 0.3 is 0 Å². The van der Waals surface area contributed by atoms with E-state index in [1.165, 1.54) is 0 Å². The van der Waals surface area contributed by atoms with Crippen molar-refractivity contribution in [2.45, 2.75) is 26.3 Å². The minimum atomic E-state index is -0.281. The van der Waals surface area contributed by atoms with Gasteiger partial charge < -0.3 is 20.1 Å². The van der Waals surface area contributed by atoms with Crippen molar-refractivity contribution in [2.75, 3.05) is 40.9 Å². The summed E-state index contributed by atoms with van der Waals surface area (Å²) in [7, 11) is 4.98. The zero-order chi connectivity index (χ0) is 19.3. The molecule has 2 N–H and O–H groups in total. The van der Waals surface area contributed by atoms with Crippen molar-refractivity contribution in [3.8, 4) is 11.5 Å². The molecule has 7 heteroatoms. The molecule has 0 radical (unpaired) electrons. The van der Waals surface area contributed by atoms with Crippen LogP contribution in [0.3, 0.4) is 0 Å². The minimum Gasteiger partial charge on any atom is -0.493 e. The standard InChI is InChI=1S/C19H29N3O4/c1-13-8-16(25-3)17(26-4)9-15(13)10-21(2)18(23)12-22-7-5-6-14(11-22)19(20)24/h8-9,14H,5-7,10-12H2,1-4H3,(H2,20,24)/t14-/m0/s1. The van der Waals surface area contributed by atoms with E-state index in [1.807, 2.05) is 24.0 Å². The molecule has 1 fully saturated rings. The molecule has 0 bridgehead atoms. The first kappa shape index (κ1) is 20.0. The number of carbonyl (C=O) groups is 2. The molecule has 1 heterocycles. The van der Waals surface area contributed by atoms with E-state index in [0.29, 0.717) is 31.1 Å².